The molecule has 4 aromatic rings. The molecular weight excluding hydrogens is 428 g/mol. The third-order valence-corrected chi connectivity index (χ3v) is 5.86. The molecule has 32 heavy (non-hydrogen) atoms. The minimum absolute atomic E-state index is 0.580. The van der Waals surface area contributed by atoms with Gasteiger partial charge in [-0.1, -0.05) is 46.2 Å². The van der Waals surface area contributed by atoms with Gasteiger partial charge in [0.1, 0.15) is 0 Å². The molecule has 0 radical (unpaired) electrons. The van der Waals surface area contributed by atoms with Gasteiger partial charge in [-0.3, -0.25) is 9.80 Å². The summed E-state index contributed by atoms with van der Waals surface area (Å²) in [5.41, 5.74) is 3.03. The van der Waals surface area contributed by atoms with E-state index in [-0.39, 0.29) is 0 Å². The molecule has 5 rings (SSSR count). The summed E-state index contributed by atoms with van der Waals surface area (Å²) in [6.45, 7) is 6.93. The zero-order valence-electron chi connectivity index (χ0n) is 17.7. The molecule has 1 fully saturated rings. The normalized spacial score (nSPS) is 15.3. The molecule has 0 saturated carbocycles. The maximum atomic E-state index is 5.94. The predicted octanol–water partition coefficient (Wildman–Crippen LogP) is 4.07. The van der Waals surface area contributed by atoms with Crippen LogP contribution in [0.5, 0.6) is 0 Å². The van der Waals surface area contributed by atoms with Crippen LogP contribution >= 0.6 is 11.6 Å². The van der Waals surface area contributed by atoms with Crippen LogP contribution in [0.4, 0.5) is 0 Å². The van der Waals surface area contributed by atoms with E-state index in [1.54, 1.807) is 0 Å². The number of aryl methyl sites for hydroxylation is 1. The predicted molar refractivity (Wildman–Crippen MR) is 120 cm³/mol. The lowest BCUT2D eigenvalue weighted by molar-refractivity contribution is 0.103. The number of aromatic nitrogens is 4. The lowest BCUT2D eigenvalue weighted by Crippen LogP contribution is -2.45. The molecule has 1 aliphatic heterocycles. The van der Waals surface area contributed by atoms with Crippen molar-refractivity contribution in [3.63, 3.8) is 0 Å². The van der Waals surface area contributed by atoms with Crippen LogP contribution in [0.3, 0.4) is 0 Å². The smallest absolute Gasteiger partial charge is 0.241 e. The maximum Gasteiger partial charge on any atom is 0.241 e. The molecule has 0 bridgehead atoms. The van der Waals surface area contributed by atoms with Crippen LogP contribution in [-0.4, -0.2) is 56.3 Å². The molecule has 0 aliphatic carbocycles. The fourth-order valence-electron chi connectivity index (χ4n) is 3.78. The first kappa shape index (κ1) is 20.8. The fourth-order valence-corrected chi connectivity index (χ4v) is 3.90. The molecule has 0 spiro atoms. The summed E-state index contributed by atoms with van der Waals surface area (Å²) in [7, 11) is 0. The van der Waals surface area contributed by atoms with Gasteiger partial charge in [0.15, 0.2) is 0 Å². The van der Waals surface area contributed by atoms with Crippen LogP contribution in [0, 0.1) is 6.92 Å². The minimum Gasteiger partial charge on any atom is -0.338 e. The molecule has 2 aromatic carbocycles. The van der Waals surface area contributed by atoms with Crippen molar-refractivity contribution >= 4 is 11.6 Å². The monoisotopic (exact) mass is 450 g/mol. The quantitative estimate of drug-likeness (QED) is 0.434. The van der Waals surface area contributed by atoms with Gasteiger partial charge >= 0.3 is 0 Å². The van der Waals surface area contributed by atoms with Gasteiger partial charge in [0.2, 0.25) is 23.4 Å². The number of benzene rings is 2. The van der Waals surface area contributed by atoms with E-state index in [9.17, 15) is 0 Å². The number of hydrogen-bond donors (Lipinski definition) is 0. The Morgan fingerprint density at radius 3 is 1.97 bits per heavy atom. The van der Waals surface area contributed by atoms with E-state index in [0.717, 1.165) is 42.9 Å². The second kappa shape index (κ2) is 9.20. The molecule has 2 aromatic heterocycles. The molecule has 0 amide bonds. The largest absolute Gasteiger partial charge is 0.338 e. The van der Waals surface area contributed by atoms with Gasteiger partial charge in [0.25, 0.3) is 0 Å². The Kier molecular flexibility index (Phi) is 5.98. The summed E-state index contributed by atoms with van der Waals surface area (Å²) in [6, 6.07) is 15.5. The molecule has 0 N–H and O–H groups in total. The standard InChI is InChI=1S/C23H23ClN6O2/c1-16-4-2-3-5-19(16)23-26-21(32-28-23)15-30-12-10-29(11-13-30)14-20-25-22(27-31-20)17-6-8-18(24)9-7-17/h2-9H,10-15H2,1H3. The Balaban J connectivity index is 1.14. The molecule has 0 unspecified atom stereocenters. The SMILES string of the molecule is Cc1ccccc1-c1noc(CN2CCN(Cc3nc(-c4ccc(Cl)cc4)no3)CC2)n1. The summed E-state index contributed by atoms with van der Waals surface area (Å²) >= 11 is 5.94. The van der Waals surface area contributed by atoms with E-state index in [2.05, 4.69) is 30.1 Å². The van der Waals surface area contributed by atoms with Crippen molar-refractivity contribution in [2.24, 2.45) is 0 Å². The minimum atomic E-state index is 0.580. The molecule has 3 heterocycles. The Hall–Kier alpha value is -3.07. The number of hydrogen-bond acceptors (Lipinski definition) is 8. The van der Waals surface area contributed by atoms with Gasteiger partial charge in [0, 0.05) is 42.3 Å². The molecule has 164 valence electrons. The Morgan fingerprint density at radius 2 is 1.34 bits per heavy atom. The first-order chi connectivity index (χ1) is 15.6. The molecule has 9 heteroatoms. The number of nitrogens with zero attached hydrogens (tertiary/aromatic N) is 6. The third-order valence-electron chi connectivity index (χ3n) is 5.61. The molecule has 8 nitrogen and oxygen atoms in total. The highest BCUT2D eigenvalue weighted by Crippen LogP contribution is 2.21. The highest BCUT2D eigenvalue weighted by Gasteiger charge is 2.21. The molecule has 1 saturated heterocycles. The van der Waals surface area contributed by atoms with Crippen molar-refractivity contribution in [2.75, 3.05) is 26.2 Å². The van der Waals surface area contributed by atoms with Crippen LogP contribution in [0.1, 0.15) is 17.3 Å². The lowest BCUT2D eigenvalue weighted by atomic mass is 10.1. The third kappa shape index (κ3) is 4.72. The molecule has 1 aliphatic rings. The van der Waals surface area contributed by atoms with Crippen LogP contribution in [0.15, 0.2) is 57.6 Å². The molecule has 0 atom stereocenters. The topological polar surface area (TPSA) is 84.3 Å². The average molecular weight is 451 g/mol. The van der Waals surface area contributed by atoms with Gasteiger partial charge in [-0.15, -0.1) is 0 Å². The van der Waals surface area contributed by atoms with Gasteiger partial charge in [-0.25, -0.2) is 0 Å². The Bertz CT molecular complexity index is 1180. The van der Waals surface area contributed by atoms with Crippen LogP contribution in [0.25, 0.3) is 22.8 Å². The number of rotatable bonds is 6. The Morgan fingerprint density at radius 1 is 0.781 bits per heavy atom. The van der Waals surface area contributed by atoms with E-state index in [0.29, 0.717) is 41.5 Å². The van der Waals surface area contributed by atoms with Gasteiger partial charge < -0.3 is 9.05 Å². The first-order valence-electron chi connectivity index (χ1n) is 10.6. The van der Waals surface area contributed by atoms with Crippen molar-refractivity contribution in [3.8, 4) is 22.8 Å². The first-order valence-corrected chi connectivity index (χ1v) is 10.9. The highest BCUT2D eigenvalue weighted by molar-refractivity contribution is 6.30. The van der Waals surface area contributed by atoms with Crippen molar-refractivity contribution in [3.05, 3.63) is 70.9 Å². The van der Waals surface area contributed by atoms with Crippen molar-refractivity contribution in [1.29, 1.82) is 0 Å². The van der Waals surface area contributed by atoms with E-state index in [1.807, 2.05) is 55.5 Å². The maximum absolute atomic E-state index is 5.94. The average Bonchev–Trinajstić information content (AvgIpc) is 3.46. The Labute approximate surface area is 190 Å². The number of halogens is 1. The summed E-state index contributed by atoms with van der Waals surface area (Å²) < 4.78 is 10.9. The van der Waals surface area contributed by atoms with E-state index < -0.39 is 0 Å². The zero-order chi connectivity index (χ0) is 21.9. The van der Waals surface area contributed by atoms with Crippen molar-refractivity contribution in [2.45, 2.75) is 20.0 Å². The van der Waals surface area contributed by atoms with Crippen LogP contribution in [0.2, 0.25) is 5.02 Å². The molecular formula is C23H23ClN6O2. The van der Waals surface area contributed by atoms with Crippen molar-refractivity contribution in [1.82, 2.24) is 30.1 Å². The van der Waals surface area contributed by atoms with E-state index in [1.165, 1.54) is 0 Å². The van der Waals surface area contributed by atoms with Gasteiger partial charge in [0.05, 0.1) is 13.1 Å². The number of piperazine rings is 1. The second-order valence-electron chi connectivity index (χ2n) is 7.90. The fraction of sp³-hybridized carbons (Fsp3) is 0.304. The van der Waals surface area contributed by atoms with Crippen LogP contribution in [-0.2, 0) is 13.1 Å². The second-order valence-corrected chi connectivity index (χ2v) is 8.33. The van der Waals surface area contributed by atoms with Crippen LogP contribution < -0.4 is 0 Å². The van der Waals surface area contributed by atoms with Crippen molar-refractivity contribution < 1.29 is 9.05 Å². The highest BCUT2D eigenvalue weighted by atomic mass is 35.5. The summed E-state index contributed by atoms with van der Waals surface area (Å²) in [5.74, 6) is 2.48. The summed E-state index contributed by atoms with van der Waals surface area (Å²) in [6.07, 6.45) is 0. The van der Waals surface area contributed by atoms with Gasteiger partial charge in [-0.2, -0.15) is 9.97 Å². The zero-order valence-corrected chi connectivity index (χ0v) is 18.5. The summed E-state index contributed by atoms with van der Waals surface area (Å²) in [4.78, 5) is 13.7. The lowest BCUT2D eigenvalue weighted by Gasteiger charge is -2.32. The summed E-state index contributed by atoms with van der Waals surface area (Å²) in [5, 5.41) is 8.93. The van der Waals surface area contributed by atoms with E-state index in [4.69, 9.17) is 20.6 Å². The van der Waals surface area contributed by atoms with Gasteiger partial charge in [-0.05, 0) is 36.8 Å². The van der Waals surface area contributed by atoms with E-state index >= 15 is 0 Å².